The maximum atomic E-state index is 13.5. The van der Waals surface area contributed by atoms with Crippen molar-refractivity contribution in [2.24, 2.45) is 0 Å². The largest absolute Gasteiger partial charge is 0.491 e. The SMILES string of the molecule is O=C(NC1CCN(C[C@H](O)COc2ccc(Cl)c(F)c2)CC1)c1ccc2cc(Cl)ccc2n1. The molecule has 0 bridgehead atoms. The van der Waals surface area contributed by atoms with E-state index in [2.05, 4.69) is 15.2 Å². The summed E-state index contributed by atoms with van der Waals surface area (Å²) in [5, 5.41) is 14.9. The monoisotopic (exact) mass is 491 g/mol. The molecule has 33 heavy (non-hydrogen) atoms. The second-order valence-electron chi connectivity index (χ2n) is 8.12. The molecule has 0 aliphatic carbocycles. The number of hydrogen-bond acceptors (Lipinski definition) is 5. The molecule has 1 aliphatic rings. The Bertz CT molecular complexity index is 1140. The Morgan fingerprint density at radius 2 is 1.97 bits per heavy atom. The first-order chi connectivity index (χ1) is 15.9. The fraction of sp³-hybridized carbons (Fsp3) is 0.333. The fourth-order valence-electron chi connectivity index (χ4n) is 3.85. The van der Waals surface area contributed by atoms with Crippen LogP contribution in [0.15, 0.2) is 48.5 Å². The number of carbonyl (C=O) groups excluding carboxylic acids is 1. The zero-order valence-electron chi connectivity index (χ0n) is 17.8. The van der Waals surface area contributed by atoms with Crippen LogP contribution in [0, 0.1) is 5.82 Å². The van der Waals surface area contributed by atoms with Gasteiger partial charge in [0, 0.05) is 42.2 Å². The van der Waals surface area contributed by atoms with E-state index in [4.69, 9.17) is 27.9 Å². The number of aliphatic hydroxyl groups excluding tert-OH is 1. The van der Waals surface area contributed by atoms with Crippen LogP contribution in [0.2, 0.25) is 10.0 Å². The van der Waals surface area contributed by atoms with Gasteiger partial charge in [-0.05, 0) is 49.2 Å². The minimum atomic E-state index is -0.717. The van der Waals surface area contributed by atoms with Crippen LogP contribution in [0.5, 0.6) is 5.75 Å². The number of pyridine rings is 1. The van der Waals surface area contributed by atoms with E-state index in [1.165, 1.54) is 12.1 Å². The molecule has 1 amide bonds. The van der Waals surface area contributed by atoms with E-state index in [0.29, 0.717) is 23.0 Å². The van der Waals surface area contributed by atoms with Crippen LogP contribution in [0.1, 0.15) is 23.3 Å². The summed E-state index contributed by atoms with van der Waals surface area (Å²) in [5.74, 6) is -0.437. The molecule has 1 fully saturated rings. The highest BCUT2D eigenvalue weighted by Crippen LogP contribution is 2.21. The number of β-amino-alcohol motifs (C(OH)–C–C–N with tert-alkyl or cyclic N) is 1. The second-order valence-corrected chi connectivity index (χ2v) is 8.97. The number of aromatic nitrogens is 1. The summed E-state index contributed by atoms with van der Waals surface area (Å²) in [4.78, 5) is 19.2. The quantitative estimate of drug-likeness (QED) is 0.514. The molecular weight excluding hydrogens is 468 g/mol. The zero-order valence-corrected chi connectivity index (χ0v) is 19.3. The third-order valence-corrected chi connectivity index (χ3v) is 6.15. The predicted octanol–water partition coefficient (Wildman–Crippen LogP) is 4.31. The Hall–Kier alpha value is -2.45. The molecule has 0 unspecified atom stereocenters. The van der Waals surface area contributed by atoms with E-state index in [1.807, 2.05) is 12.1 Å². The van der Waals surface area contributed by atoms with Crippen molar-refractivity contribution in [2.75, 3.05) is 26.2 Å². The smallest absolute Gasteiger partial charge is 0.270 e. The predicted molar refractivity (Wildman–Crippen MR) is 127 cm³/mol. The van der Waals surface area contributed by atoms with Crippen molar-refractivity contribution in [3.05, 3.63) is 70.1 Å². The first-order valence-corrected chi connectivity index (χ1v) is 11.5. The molecular formula is C24H24Cl2FN3O3. The van der Waals surface area contributed by atoms with Gasteiger partial charge in [-0.1, -0.05) is 29.3 Å². The molecule has 6 nitrogen and oxygen atoms in total. The molecule has 1 aromatic heterocycles. The molecule has 0 radical (unpaired) electrons. The van der Waals surface area contributed by atoms with Crippen molar-refractivity contribution >= 4 is 40.0 Å². The van der Waals surface area contributed by atoms with Crippen molar-refractivity contribution in [1.82, 2.24) is 15.2 Å². The number of halogens is 3. The number of nitrogens with one attached hydrogen (secondary N) is 1. The molecule has 2 N–H and O–H groups in total. The standard InChI is InChI=1S/C24H24Cl2FN3O3/c25-16-2-6-22-15(11-16)1-5-23(29-22)24(32)28-17-7-9-30(10-8-17)13-18(31)14-33-19-3-4-20(26)21(27)12-19/h1-6,11-12,17-18,31H,7-10,13-14H2,(H,28,32)/t18-/m0/s1. The molecule has 3 aromatic rings. The van der Waals surface area contributed by atoms with Crippen molar-refractivity contribution in [2.45, 2.75) is 25.0 Å². The number of rotatable bonds is 7. The number of likely N-dealkylation sites (tertiary alicyclic amines) is 1. The van der Waals surface area contributed by atoms with E-state index in [1.54, 1.807) is 24.3 Å². The van der Waals surface area contributed by atoms with Gasteiger partial charge >= 0.3 is 0 Å². The minimum Gasteiger partial charge on any atom is -0.491 e. The number of aliphatic hydroxyl groups is 1. The lowest BCUT2D eigenvalue weighted by molar-refractivity contribution is 0.0566. The summed E-state index contributed by atoms with van der Waals surface area (Å²) in [6.07, 6.45) is 0.820. The molecule has 1 saturated heterocycles. The van der Waals surface area contributed by atoms with Crippen molar-refractivity contribution in [3.63, 3.8) is 0 Å². The van der Waals surface area contributed by atoms with E-state index >= 15 is 0 Å². The van der Waals surface area contributed by atoms with Crippen LogP contribution in [0.3, 0.4) is 0 Å². The molecule has 2 aromatic carbocycles. The zero-order chi connectivity index (χ0) is 23.4. The molecule has 0 spiro atoms. The number of hydrogen-bond donors (Lipinski definition) is 2. The van der Waals surface area contributed by atoms with Gasteiger partial charge in [0.25, 0.3) is 5.91 Å². The lowest BCUT2D eigenvalue weighted by Gasteiger charge is -2.33. The Morgan fingerprint density at radius 1 is 1.18 bits per heavy atom. The van der Waals surface area contributed by atoms with Gasteiger partial charge in [0.15, 0.2) is 0 Å². The van der Waals surface area contributed by atoms with Gasteiger partial charge < -0.3 is 20.1 Å². The molecule has 1 atom stereocenters. The van der Waals surface area contributed by atoms with Crippen LogP contribution in [0.4, 0.5) is 4.39 Å². The third-order valence-electron chi connectivity index (χ3n) is 5.61. The van der Waals surface area contributed by atoms with Crippen molar-refractivity contribution in [3.8, 4) is 5.75 Å². The molecule has 0 saturated carbocycles. The minimum absolute atomic E-state index is 0.0270. The Labute approximate surface area is 201 Å². The topological polar surface area (TPSA) is 74.7 Å². The number of piperidine rings is 1. The van der Waals surface area contributed by atoms with Crippen LogP contribution in [0.25, 0.3) is 10.9 Å². The van der Waals surface area contributed by atoms with Gasteiger partial charge in [-0.3, -0.25) is 4.79 Å². The van der Waals surface area contributed by atoms with Gasteiger partial charge in [-0.2, -0.15) is 0 Å². The van der Waals surface area contributed by atoms with Gasteiger partial charge in [0.05, 0.1) is 10.5 Å². The number of fused-ring (bicyclic) bond motifs is 1. The summed E-state index contributed by atoms with van der Waals surface area (Å²) < 4.78 is 18.9. The van der Waals surface area contributed by atoms with Gasteiger partial charge in [-0.15, -0.1) is 0 Å². The maximum absolute atomic E-state index is 13.5. The maximum Gasteiger partial charge on any atom is 0.270 e. The summed E-state index contributed by atoms with van der Waals surface area (Å²) in [6.45, 7) is 1.96. The number of nitrogens with zero attached hydrogens (tertiary/aromatic N) is 2. The molecule has 1 aliphatic heterocycles. The van der Waals surface area contributed by atoms with Crippen LogP contribution < -0.4 is 10.1 Å². The number of amides is 1. The Morgan fingerprint density at radius 3 is 2.73 bits per heavy atom. The molecule has 9 heteroatoms. The summed E-state index contributed by atoms with van der Waals surface area (Å²) in [5.41, 5.74) is 1.10. The number of ether oxygens (including phenoxy) is 1. The summed E-state index contributed by atoms with van der Waals surface area (Å²) in [7, 11) is 0. The Balaban J connectivity index is 1.22. The summed E-state index contributed by atoms with van der Waals surface area (Å²) in [6, 6.07) is 13.1. The van der Waals surface area contributed by atoms with Gasteiger partial charge in [-0.25, -0.2) is 9.37 Å². The van der Waals surface area contributed by atoms with Gasteiger partial charge in [0.2, 0.25) is 0 Å². The van der Waals surface area contributed by atoms with E-state index < -0.39 is 11.9 Å². The first kappa shape index (κ1) is 23.7. The van der Waals surface area contributed by atoms with Gasteiger partial charge in [0.1, 0.15) is 30.0 Å². The molecule has 2 heterocycles. The fourth-order valence-corrected chi connectivity index (χ4v) is 4.15. The third kappa shape index (κ3) is 6.32. The van der Waals surface area contributed by atoms with Crippen LogP contribution in [-0.4, -0.2) is 59.3 Å². The lowest BCUT2D eigenvalue weighted by atomic mass is 10.0. The normalized spacial score (nSPS) is 16.0. The van der Waals surface area contributed by atoms with E-state index in [9.17, 15) is 14.3 Å². The highest BCUT2D eigenvalue weighted by Gasteiger charge is 2.23. The number of benzene rings is 2. The molecule has 174 valence electrons. The Kier molecular flexibility index (Phi) is 7.65. The molecule has 4 rings (SSSR count). The highest BCUT2D eigenvalue weighted by molar-refractivity contribution is 6.31. The van der Waals surface area contributed by atoms with Crippen molar-refractivity contribution in [1.29, 1.82) is 0 Å². The van der Waals surface area contributed by atoms with E-state index in [0.717, 1.165) is 36.8 Å². The first-order valence-electron chi connectivity index (χ1n) is 10.7. The van der Waals surface area contributed by atoms with Crippen LogP contribution >= 0.6 is 23.2 Å². The lowest BCUT2D eigenvalue weighted by Crippen LogP contribution is -2.47. The average molecular weight is 492 g/mol. The van der Waals surface area contributed by atoms with Crippen molar-refractivity contribution < 1.29 is 19.0 Å². The second kappa shape index (κ2) is 10.7. The number of carbonyl (C=O) groups is 1. The van der Waals surface area contributed by atoms with Crippen LogP contribution in [-0.2, 0) is 0 Å². The summed E-state index contributed by atoms with van der Waals surface area (Å²) >= 11 is 11.7. The van der Waals surface area contributed by atoms with E-state index in [-0.39, 0.29) is 23.6 Å². The highest BCUT2D eigenvalue weighted by atomic mass is 35.5. The average Bonchev–Trinajstić information content (AvgIpc) is 2.80.